The van der Waals surface area contributed by atoms with Crippen molar-refractivity contribution in [1.29, 1.82) is 0 Å². The molecule has 2 aliphatic carbocycles. The van der Waals surface area contributed by atoms with Crippen LogP contribution in [0.4, 0.5) is 0 Å². The minimum absolute atomic E-state index is 0. The molecule has 0 saturated carbocycles. The zero-order valence-corrected chi connectivity index (χ0v) is 36.2. The quantitative estimate of drug-likeness (QED) is 0.181. The van der Waals surface area contributed by atoms with Gasteiger partial charge in [-0.2, -0.15) is 41.5 Å². The van der Waals surface area contributed by atoms with E-state index < -0.39 is 0 Å². The summed E-state index contributed by atoms with van der Waals surface area (Å²) in [6, 6.07) is 36.2. The molecular formula is C47H56Cl2Zr-2. The van der Waals surface area contributed by atoms with E-state index >= 15 is 0 Å². The minimum atomic E-state index is 0. The van der Waals surface area contributed by atoms with Crippen LogP contribution in [0.25, 0.3) is 11.1 Å². The first-order valence-corrected chi connectivity index (χ1v) is 19.0. The van der Waals surface area contributed by atoms with Crippen LogP contribution in [-0.2, 0) is 41.5 Å². The zero-order valence-electron chi connectivity index (χ0n) is 32.2. The molecule has 0 aromatic heterocycles. The van der Waals surface area contributed by atoms with Crippen LogP contribution in [0.3, 0.4) is 0 Å². The van der Waals surface area contributed by atoms with Crippen LogP contribution >= 0.6 is 0 Å². The molecule has 0 fully saturated rings. The maximum atomic E-state index is 3.57. The zero-order chi connectivity index (χ0) is 35.3. The number of allylic oxidation sites excluding steroid dienone is 4. The molecule has 0 amide bonds. The van der Waals surface area contributed by atoms with E-state index in [0.717, 1.165) is 12.8 Å². The van der Waals surface area contributed by atoms with Crippen LogP contribution in [0.2, 0.25) is 0 Å². The maximum Gasteiger partial charge on any atom is -0.0253 e. The third-order valence-corrected chi connectivity index (χ3v) is 10.8. The van der Waals surface area contributed by atoms with Crippen molar-refractivity contribution < 1.29 is 49.0 Å². The molecule has 0 radical (unpaired) electrons. The molecule has 4 aromatic rings. The summed E-state index contributed by atoms with van der Waals surface area (Å²) in [7, 11) is 0. The van der Waals surface area contributed by atoms with Crippen molar-refractivity contribution in [2.75, 3.05) is 0 Å². The van der Waals surface area contributed by atoms with Crippen LogP contribution in [0, 0.1) is 23.5 Å². The van der Waals surface area contributed by atoms with E-state index in [4.69, 9.17) is 0 Å². The number of fused-ring (bicyclic) bond motifs is 3. The molecule has 0 saturated heterocycles. The van der Waals surface area contributed by atoms with Gasteiger partial charge in [0.15, 0.2) is 0 Å². The molecule has 0 aliphatic heterocycles. The van der Waals surface area contributed by atoms with Crippen LogP contribution in [0.15, 0.2) is 108 Å². The summed E-state index contributed by atoms with van der Waals surface area (Å²) in [5.41, 5.74) is 14.7. The number of hydrogen-bond donors (Lipinski definition) is 0. The second kappa shape index (κ2) is 18.4. The fraction of sp³-hybridized carbons (Fsp3) is 0.383. The molecule has 1 atom stereocenters. The van der Waals surface area contributed by atoms with Gasteiger partial charge in [-0.05, 0) is 6.42 Å². The average molecular weight is 783 g/mol. The Bertz CT molecular complexity index is 1650. The summed E-state index contributed by atoms with van der Waals surface area (Å²) in [6.07, 6.45) is 9.33. The van der Waals surface area contributed by atoms with Gasteiger partial charge in [0.1, 0.15) is 0 Å². The third-order valence-electron chi connectivity index (χ3n) is 9.35. The number of hydrogen-bond acceptors (Lipinski definition) is 0. The predicted octanol–water partition coefficient (Wildman–Crippen LogP) is 6.60. The standard InChI is InChI=1S/C21H26.C13H9.C13H21.2ClH.Zr/c1-20(2,3)18-11-7-16(8-12-18)15-17-9-13-19(14-10-17)21(4,5)6;1-3-7-12-10(5-1)9-11-6-2-4-8-13(11)12;1-6-10-8-11(7-2)12(9-10)13(3,4)5;;;/h7-14H,1-6H3;1-5,7-8H,9H2;9-10H,6-7H2,1-5H3;2*1H;/q;2*-1;;;+2/p-2. The van der Waals surface area contributed by atoms with E-state index in [1.807, 2.05) is 6.07 Å². The van der Waals surface area contributed by atoms with E-state index in [0.29, 0.717) is 11.3 Å². The van der Waals surface area contributed by atoms with E-state index in [1.165, 1.54) is 89.5 Å². The van der Waals surface area contributed by atoms with Gasteiger partial charge in [-0.1, -0.05) is 94.2 Å². The van der Waals surface area contributed by atoms with Crippen molar-refractivity contribution in [3.63, 3.8) is 0 Å². The summed E-state index contributed by atoms with van der Waals surface area (Å²) >= 11 is 1.46. The first-order valence-electron chi connectivity index (χ1n) is 17.8. The Hall–Kier alpha value is -2.31. The molecule has 6 rings (SSSR count). The molecule has 50 heavy (non-hydrogen) atoms. The fourth-order valence-electron chi connectivity index (χ4n) is 6.30. The number of rotatable bonds is 4. The number of benzene rings is 4. The molecule has 4 aromatic carbocycles. The summed E-state index contributed by atoms with van der Waals surface area (Å²) in [5, 5.41) is 0. The summed E-state index contributed by atoms with van der Waals surface area (Å²) in [6.45, 7) is 24.9. The van der Waals surface area contributed by atoms with Gasteiger partial charge in [-0.25, -0.2) is 5.57 Å². The third kappa shape index (κ3) is 11.3. The van der Waals surface area contributed by atoms with Crippen molar-refractivity contribution in [3.8, 4) is 11.1 Å². The minimum Gasteiger partial charge on any atom is -1.00 e. The van der Waals surface area contributed by atoms with Gasteiger partial charge in [0.2, 0.25) is 0 Å². The largest absolute Gasteiger partial charge is 1.00 e. The first kappa shape index (κ1) is 43.9. The Morgan fingerprint density at radius 3 is 1.60 bits per heavy atom. The van der Waals surface area contributed by atoms with Crippen molar-refractivity contribution in [3.05, 3.63) is 154 Å². The van der Waals surface area contributed by atoms with E-state index in [-0.39, 0.29) is 35.6 Å². The summed E-state index contributed by atoms with van der Waals surface area (Å²) < 4.78 is 1.42. The van der Waals surface area contributed by atoms with Crippen molar-refractivity contribution in [2.45, 2.75) is 106 Å². The van der Waals surface area contributed by atoms with Gasteiger partial charge in [-0.15, -0.1) is 5.56 Å². The van der Waals surface area contributed by atoms with E-state index in [2.05, 4.69) is 179 Å². The second-order valence-electron chi connectivity index (χ2n) is 16.2. The van der Waals surface area contributed by atoms with Crippen LogP contribution < -0.4 is 24.8 Å². The SMILES string of the molecule is CC(C)(C)c1ccc([C](=[Zr+2])c2ccc(C(C)(C)C)cc2)cc1.CCC1=[C-]C(CC)C=C1C(C)(C)C.[Cl-].[Cl-].[c-]1cccc2c1Cc1ccccc1-2. The molecule has 0 nitrogen and oxygen atoms in total. The normalized spacial score (nSPS) is 14.6. The average Bonchev–Trinajstić information content (AvgIpc) is 3.66. The predicted molar refractivity (Wildman–Crippen MR) is 205 cm³/mol. The summed E-state index contributed by atoms with van der Waals surface area (Å²) in [4.78, 5) is 0. The van der Waals surface area contributed by atoms with Crippen molar-refractivity contribution in [2.24, 2.45) is 11.3 Å². The van der Waals surface area contributed by atoms with E-state index in [1.54, 1.807) is 0 Å². The molecule has 264 valence electrons. The topological polar surface area (TPSA) is 0 Å². The smallest absolute Gasteiger partial charge is 0.0253 e. The Labute approximate surface area is 332 Å². The van der Waals surface area contributed by atoms with Gasteiger partial charge in [0.25, 0.3) is 0 Å². The van der Waals surface area contributed by atoms with Gasteiger partial charge in [0, 0.05) is 0 Å². The Morgan fingerprint density at radius 2 is 1.16 bits per heavy atom. The van der Waals surface area contributed by atoms with Gasteiger partial charge >= 0.3 is 151 Å². The van der Waals surface area contributed by atoms with Gasteiger partial charge in [0.05, 0.1) is 0 Å². The Morgan fingerprint density at radius 1 is 0.660 bits per heavy atom. The number of halogens is 2. The molecule has 0 N–H and O–H groups in total. The van der Waals surface area contributed by atoms with Gasteiger partial charge in [-0.3, -0.25) is 6.08 Å². The molecule has 3 heteroatoms. The molecular weight excluding hydrogens is 727 g/mol. The Kier molecular flexibility index (Phi) is 16.2. The maximum absolute atomic E-state index is 3.57. The molecule has 0 heterocycles. The van der Waals surface area contributed by atoms with E-state index in [9.17, 15) is 0 Å². The molecule has 2 aliphatic rings. The molecule has 0 spiro atoms. The fourth-order valence-corrected chi connectivity index (χ4v) is 7.12. The van der Waals surface area contributed by atoms with Gasteiger partial charge < -0.3 is 24.8 Å². The molecule has 0 bridgehead atoms. The monoisotopic (exact) mass is 780 g/mol. The first-order chi connectivity index (χ1) is 22.5. The second-order valence-corrected chi connectivity index (χ2v) is 17.5. The van der Waals surface area contributed by atoms with Crippen LogP contribution in [-0.4, -0.2) is 3.21 Å². The molecule has 1 unspecified atom stereocenters. The van der Waals surface area contributed by atoms with Crippen LogP contribution in [0.1, 0.15) is 122 Å². The Balaban J connectivity index is 0.000000268. The van der Waals surface area contributed by atoms with Crippen LogP contribution in [0.5, 0.6) is 0 Å². The van der Waals surface area contributed by atoms with Crippen molar-refractivity contribution >= 4 is 3.21 Å². The summed E-state index contributed by atoms with van der Waals surface area (Å²) in [5.74, 6) is 0.573. The van der Waals surface area contributed by atoms with Crippen molar-refractivity contribution in [1.82, 2.24) is 0 Å².